The van der Waals surface area contributed by atoms with Crippen molar-refractivity contribution in [3.63, 3.8) is 0 Å². The Morgan fingerprint density at radius 3 is 2.67 bits per heavy atom. The molecule has 0 aromatic heterocycles. The van der Waals surface area contributed by atoms with Crippen molar-refractivity contribution in [2.24, 2.45) is 5.92 Å². The van der Waals surface area contributed by atoms with Gasteiger partial charge in [-0.05, 0) is 12.8 Å². The number of methoxy groups -OCH3 is 1. The van der Waals surface area contributed by atoms with Gasteiger partial charge in [-0.15, -0.1) is 0 Å². The van der Waals surface area contributed by atoms with Crippen LogP contribution in [0.2, 0.25) is 0 Å². The number of carbonyl (C=O) groups excluding carboxylic acids is 1. The lowest BCUT2D eigenvalue weighted by Crippen LogP contribution is -2.28. The normalized spacial score (nSPS) is 21.3. The Balaban J connectivity index is 2.18. The van der Waals surface area contributed by atoms with Crippen molar-refractivity contribution in [1.82, 2.24) is 0 Å². The largest absolute Gasteiger partial charge is 0.469 e. The fourth-order valence-electron chi connectivity index (χ4n) is 1.87. The number of aliphatic hydroxyl groups is 1. The van der Waals surface area contributed by atoms with Crippen LogP contribution in [0.4, 0.5) is 0 Å². The number of thioether (sulfide) groups is 1. The molecule has 15 heavy (non-hydrogen) atoms. The molecule has 4 heteroatoms. The summed E-state index contributed by atoms with van der Waals surface area (Å²) in [6.07, 6.45) is 4.08. The summed E-state index contributed by atoms with van der Waals surface area (Å²) in [5, 5.41) is 10.1. The molecular weight excluding hydrogens is 212 g/mol. The van der Waals surface area contributed by atoms with Crippen LogP contribution in [0.25, 0.3) is 0 Å². The van der Waals surface area contributed by atoms with Crippen molar-refractivity contribution in [1.29, 1.82) is 0 Å². The fourth-order valence-corrected chi connectivity index (χ4v) is 3.15. The van der Waals surface area contributed by atoms with Crippen molar-refractivity contribution >= 4 is 17.7 Å². The third kappa shape index (κ3) is 4.03. The number of ether oxygens (including phenoxy) is 1. The van der Waals surface area contributed by atoms with Gasteiger partial charge in [0.1, 0.15) is 0 Å². The third-order valence-electron chi connectivity index (χ3n) is 2.88. The molecule has 0 saturated heterocycles. The molecule has 1 rings (SSSR count). The standard InChI is InChI=1S/C11H20O3S/c1-9(10(12)14-2)7-15-8-11(13)5-3-4-6-11/h9,13H,3-8H2,1-2H3. The SMILES string of the molecule is COC(=O)C(C)CSCC1(O)CCCC1. The molecule has 0 spiro atoms. The van der Waals surface area contributed by atoms with E-state index in [4.69, 9.17) is 0 Å². The highest BCUT2D eigenvalue weighted by molar-refractivity contribution is 7.99. The predicted octanol–water partition coefficient (Wildman–Crippen LogP) is 1.83. The first-order valence-corrected chi connectivity index (χ1v) is 6.61. The number of hydrogen-bond donors (Lipinski definition) is 1. The number of carbonyl (C=O) groups is 1. The zero-order valence-corrected chi connectivity index (χ0v) is 10.3. The van der Waals surface area contributed by atoms with E-state index in [1.165, 1.54) is 7.11 Å². The molecule has 1 atom stereocenters. The van der Waals surface area contributed by atoms with E-state index in [0.29, 0.717) is 0 Å². The Labute approximate surface area is 95.6 Å². The van der Waals surface area contributed by atoms with Gasteiger partial charge in [-0.25, -0.2) is 0 Å². The molecule has 0 aromatic carbocycles. The number of rotatable bonds is 5. The lowest BCUT2D eigenvalue weighted by atomic mass is 10.1. The first-order chi connectivity index (χ1) is 7.07. The molecule has 0 bridgehead atoms. The van der Waals surface area contributed by atoms with Gasteiger partial charge in [0.15, 0.2) is 0 Å². The molecule has 88 valence electrons. The minimum atomic E-state index is -0.472. The molecule has 1 saturated carbocycles. The zero-order chi connectivity index (χ0) is 11.3. The van der Waals surface area contributed by atoms with Crippen molar-refractivity contribution in [2.45, 2.75) is 38.2 Å². The zero-order valence-electron chi connectivity index (χ0n) is 9.49. The van der Waals surface area contributed by atoms with Gasteiger partial charge in [-0.1, -0.05) is 19.8 Å². The lowest BCUT2D eigenvalue weighted by Gasteiger charge is -2.21. The molecule has 0 aromatic rings. The molecular formula is C11H20O3S. The molecule has 1 fully saturated rings. The summed E-state index contributed by atoms with van der Waals surface area (Å²) in [4.78, 5) is 11.1. The average Bonchev–Trinajstić information content (AvgIpc) is 2.64. The highest BCUT2D eigenvalue weighted by Crippen LogP contribution is 2.32. The van der Waals surface area contributed by atoms with Crippen molar-refractivity contribution < 1.29 is 14.6 Å². The van der Waals surface area contributed by atoms with E-state index in [1.54, 1.807) is 11.8 Å². The quantitative estimate of drug-likeness (QED) is 0.735. The molecule has 0 amide bonds. The smallest absolute Gasteiger partial charge is 0.309 e. The van der Waals surface area contributed by atoms with Crippen LogP contribution in [-0.4, -0.2) is 35.3 Å². The summed E-state index contributed by atoms with van der Waals surface area (Å²) < 4.78 is 4.64. The van der Waals surface area contributed by atoms with Gasteiger partial charge in [-0.2, -0.15) is 11.8 Å². The van der Waals surface area contributed by atoms with E-state index >= 15 is 0 Å². The summed E-state index contributed by atoms with van der Waals surface area (Å²) in [5.41, 5.74) is -0.472. The summed E-state index contributed by atoms with van der Waals surface area (Å²) in [7, 11) is 1.41. The fraction of sp³-hybridized carbons (Fsp3) is 0.909. The molecule has 1 aliphatic rings. The lowest BCUT2D eigenvalue weighted by molar-refractivity contribution is -0.144. The summed E-state index contributed by atoms with van der Waals surface area (Å²) in [6, 6.07) is 0. The van der Waals surface area contributed by atoms with Crippen LogP contribution in [-0.2, 0) is 9.53 Å². The van der Waals surface area contributed by atoms with Crippen LogP contribution in [0.3, 0.4) is 0 Å². The minimum absolute atomic E-state index is 0.0787. The van der Waals surface area contributed by atoms with Gasteiger partial charge in [0.25, 0.3) is 0 Å². The van der Waals surface area contributed by atoms with Gasteiger partial charge in [-0.3, -0.25) is 4.79 Å². The Kier molecular flexibility index (Phi) is 4.93. The highest BCUT2D eigenvalue weighted by atomic mass is 32.2. The maximum atomic E-state index is 11.1. The topological polar surface area (TPSA) is 46.5 Å². The van der Waals surface area contributed by atoms with Crippen LogP contribution in [0.15, 0.2) is 0 Å². The van der Waals surface area contributed by atoms with Crippen LogP contribution in [0, 0.1) is 5.92 Å². The molecule has 0 aliphatic heterocycles. The highest BCUT2D eigenvalue weighted by Gasteiger charge is 2.31. The van der Waals surface area contributed by atoms with Gasteiger partial charge < -0.3 is 9.84 Å². The van der Waals surface area contributed by atoms with Crippen LogP contribution in [0.5, 0.6) is 0 Å². The molecule has 1 aliphatic carbocycles. The Morgan fingerprint density at radius 1 is 1.53 bits per heavy atom. The Morgan fingerprint density at radius 2 is 2.13 bits per heavy atom. The van der Waals surface area contributed by atoms with E-state index in [9.17, 15) is 9.90 Å². The number of hydrogen-bond acceptors (Lipinski definition) is 4. The van der Waals surface area contributed by atoms with E-state index in [0.717, 1.165) is 37.2 Å². The third-order valence-corrected chi connectivity index (χ3v) is 4.35. The van der Waals surface area contributed by atoms with E-state index < -0.39 is 5.60 Å². The molecule has 1 unspecified atom stereocenters. The maximum absolute atomic E-state index is 11.1. The second kappa shape index (κ2) is 5.75. The average molecular weight is 232 g/mol. The number of esters is 1. The van der Waals surface area contributed by atoms with Crippen LogP contribution in [0.1, 0.15) is 32.6 Å². The second-order valence-electron chi connectivity index (χ2n) is 4.37. The molecule has 3 nitrogen and oxygen atoms in total. The first kappa shape index (κ1) is 12.8. The van der Waals surface area contributed by atoms with Crippen LogP contribution < -0.4 is 0 Å². The van der Waals surface area contributed by atoms with E-state index in [-0.39, 0.29) is 11.9 Å². The van der Waals surface area contributed by atoms with Gasteiger partial charge in [0, 0.05) is 11.5 Å². The predicted molar refractivity (Wildman–Crippen MR) is 61.9 cm³/mol. The molecule has 0 heterocycles. The van der Waals surface area contributed by atoms with Gasteiger partial charge in [0.05, 0.1) is 18.6 Å². The van der Waals surface area contributed by atoms with Crippen molar-refractivity contribution in [3.05, 3.63) is 0 Å². The Bertz CT molecular complexity index is 212. The summed E-state index contributed by atoms with van der Waals surface area (Å²) >= 11 is 1.65. The Hall–Kier alpha value is -0.220. The van der Waals surface area contributed by atoms with Gasteiger partial charge in [0.2, 0.25) is 0 Å². The summed E-state index contributed by atoms with van der Waals surface area (Å²) in [5.74, 6) is 1.23. The monoisotopic (exact) mass is 232 g/mol. The van der Waals surface area contributed by atoms with Crippen LogP contribution >= 0.6 is 11.8 Å². The van der Waals surface area contributed by atoms with Crippen molar-refractivity contribution in [2.75, 3.05) is 18.6 Å². The van der Waals surface area contributed by atoms with Gasteiger partial charge >= 0.3 is 5.97 Å². The minimum Gasteiger partial charge on any atom is -0.469 e. The van der Waals surface area contributed by atoms with Crippen molar-refractivity contribution in [3.8, 4) is 0 Å². The summed E-state index contributed by atoms with van der Waals surface area (Å²) in [6.45, 7) is 1.86. The molecule has 1 N–H and O–H groups in total. The first-order valence-electron chi connectivity index (χ1n) is 5.45. The molecule has 0 radical (unpaired) electrons. The van der Waals surface area contributed by atoms with E-state index in [2.05, 4.69) is 4.74 Å². The second-order valence-corrected chi connectivity index (χ2v) is 5.40. The maximum Gasteiger partial charge on any atom is 0.309 e. The van der Waals surface area contributed by atoms with E-state index in [1.807, 2.05) is 6.92 Å².